The smallest absolute Gasteiger partial charge is 0.233 e. The number of amides is 1. The summed E-state index contributed by atoms with van der Waals surface area (Å²) < 4.78 is 11.4. The molecular weight excluding hydrogens is 382 g/mol. The Labute approximate surface area is 169 Å². The lowest BCUT2D eigenvalue weighted by Crippen LogP contribution is -2.43. The number of carbonyl (C=O) groups excluding carboxylic acids is 1. The summed E-state index contributed by atoms with van der Waals surface area (Å²) in [5, 5.41) is 3.66. The Hall–Kier alpha value is -1.85. The average molecular weight is 406 g/mol. The fraction of sp³-hybridized carbons (Fsp3) is 0.381. The molecule has 6 heteroatoms. The summed E-state index contributed by atoms with van der Waals surface area (Å²) in [6.07, 6.45) is 0.705. The van der Waals surface area contributed by atoms with Crippen LogP contribution >= 0.6 is 23.4 Å². The molecule has 2 atom stereocenters. The molecule has 0 radical (unpaired) electrons. The second-order valence-corrected chi connectivity index (χ2v) is 9.10. The summed E-state index contributed by atoms with van der Waals surface area (Å²) in [5.41, 5.74) is 0.608. The van der Waals surface area contributed by atoms with Crippen molar-refractivity contribution in [3.63, 3.8) is 0 Å². The summed E-state index contributed by atoms with van der Waals surface area (Å²) >= 11 is 7.44. The van der Waals surface area contributed by atoms with Crippen molar-refractivity contribution in [3.05, 3.63) is 53.1 Å². The number of nitrogens with one attached hydrogen (secondary N) is 1. The number of thioether (sulfide) groups is 1. The Morgan fingerprint density at radius 2 is 2.00 bits per heavy atom. The van der Waals surface area contributed by atoms with Crippen molar-refractivity contribution in [3.8, 4) is 11.5 Å². The van der Waals surface area contributed by atoms with Gasteiger partial charge in [0, 0.05) is 28.0 Å². The van der Waals surface area contributed by atoms with Crippen molar-refractivity contribution in [2.24, 2.45) is 0 Å². The number of benzene rings is 2. The summed E-state index contributed by atoms with van der Waals surface area (Å²) in [5.74, 6) is 1.50. The van der Waals surface area contributed by atoms with Crippen molar-refractivity contribution in [1.29, 1.82) is 0 Å². The Balaban J connectivity index is 1.74. The normalized spacial score (nSPS) is 18.8. The van der Waals surface area contributed by atoms with Crippen molar-refractivity contribution >= 4 is 29.3 Å². The van der Waals surface area contributed by atoms with Crippen LogP contribution in [0, 0.1) is 0 Å². The van der Waals surface area contributed by atoms with E-state index in [4.69, 9.17) is 21.1 Å². The Morgan fingerprint density at radius 3 is 2.67 bits per heavy atom. The fourth-order valence-electron chi connectivity index (χ4n) is 3.15. The summed E-state index contributed by atoms with van der Waals surface area (Å²) in [4.78, 5) is 13.8. The minimum absolute atomic E-state index is 0.000539. The summed E-state index contributed by atoms with van der Waals surface area (Å²) in [7, 11) is 1.63. The molecule has 3 rings (SSSR count). The maximum Gasteiger partial charge on any atom is 0.233 e. The van der Waals surface area contributed by atoms with Crippen LogP contribution in [0.3, 0.4) is 0 Å². The van der Waals surface area contributed by atoms with Crippen LogP contribution in [0.15, 0.2) is 47.4 Å². The van der Waals surface area contributed by atoms with E-state index in [1.807, 2.05) is 63.2 Å². The number of hydrogen-bond donors (Lipinski definition) is 1. The molecule has 4 nitrogen and oxygen atoms in total. The molecule has 1 aliphatic rings. The lowest BCUT2D eigenvalue weighted by molar-refractivity contribution is -0.121. The monoisotopic (exact) mass is 405 g/mol. The van der Waals surface area contributed by atoms with Gasteiger partial charge in [0.05, 0.1) is 18.4 Å². The number of fused-ring (bicyclic) bond motifs is 1. The Morgan fingerprint density at radius 1 is 1.30 bits per heavy atom. The topological polar surface area (TPSA) is 47.6 Å². The van der Waals surface area contributed by atoms with Gasteiger partial charge in [-0.15, -0.1) is 11.8 Å². The highest BCUT2D eigenvalue weighted by molar-refractivity contribution is 8.00. The molecule has 0 fully saturated rings. The maximum atomic E-state index is 12.8. The minimum Gasteiger partial charge on any atom is -0.497 e. The van der Waals surface area contributed by atoms with E-state index in [1.165, 1.54) is 11.8 Å². The largest absolute Gasteiger partial charge is 0.497 e. The van der Waals surface area contributed by atoms with Gasteiger partial charge in [-0.1, -0.05) is 11.6 Å². The van der Waals surface area contributed by atoms with Crippen molar-refractivity contribution in [2.75, 3.05) is 7.11 Å². The van der Waals surface area contributed by atoms with Gasteiger partial charge in [0.15, 0.2) is 0 Å². The zero-order valence-electron chi connectivity index (χ0n) is 15.9. The van der Waals surface area contributed by atoms with Crippen LogP contribution in [-0.4, -0.2) is 23.9 Å². The SMILES string of the molecule is COc1ccc2c(c1)OC(C)(C)C[C@H]2NC(=O)[C@@H](C)Sc1ccc(Cl)cc1. The molecular formula is C21H24ClNO3S. The first kappa shape index (κ1) is 19.9. The van der Waals surface area contributed by atoms with Crippen LogP contribution in [0.4, 0.5) is 0 Å². The van der Waals surface area contributed by atoms with Crippen molar-refractivity contribution in [1.82, 2.24) is 5.32 Å². The average Bonchev–Trinajstić information content (AvgIpc) is 2.62. The zero-order chi connectivity index (χ0) is 19.6. The van der Waals surface area contributed by atoms with E-state index in [9.17, 15) is 4.79 Å². The van der Waals surface area contributed by atoms with E-state index < -0.39 is 0 Å². The molecule has 0 saturated carbocycles. The second kappa shape index (κ2) is 8.03. The first-order chi connectivity index (χ1) is 12.8. The number of rotatable bonds is 5. The molecule has 0 aliphatic carbocycles. The lowest BCUT2D eigenvalue weighted by Gasteiger charge is -2.38. The van der Waals surface area contributed by atoms with Crippen LogP contribution in [0.25, 0.3) is 0 Å². The van der Waals surface area contributed by atoms with E-state index in [0.717, 1.165) is 22.0 Å². The molecule has 0 saturated heterocycles. The molecule has 2 aromatic rings. The maximum absolute atomic E-state index is 12.8. The third kappa shape index (κ3) is 4.90. The van der Waals surface area contributed by atoms with Gasteiger partial charge in [-0.05, 0) is 57.2 Å². The fourth-order valence-corrected chi connectivity index (χ4v) is 4.15. The molecule has 1 amide bonds. The Bertz CT molecular complexity index is 823. The van der Waals surface area contributed by atoms with E-state index in [-0.39, 0.29) is 22.8 Å². The molecule has 0 bridgehead atoms. The molecule has 0 aromatic heterocycles. The minimum atomic E-state index is -0.371. The molecule has 1 aliphatic heterocycles. The van der Waals surface area contributed by atoms with E-state index in [0.29, 0.717) is 11.4 Å². The van der Waals surface area contributed by atoms with Gasteiger partial charge < -0.3 is 14.8 Å². The number of halogens is 1. The predicted molar refractivity (Wildman–Crippen MR) is 110 cm³/mol. The highest BCUT2D eigenvalue weighted by Crippen LogP contribution is 2.41. The van der Waals surface area contributed by atoms with Gasteiger partial charge in [-0.25, -0.2) is 0 Å². The van der Waals surface area contributed by atoms with Crippen molar-refractivity contribution in [2.45, 2.75) is 49.0 Å². The highest BCUT2D eigenvalue weighted by Gasteiger charge is 2.35. The van der Waals surface area contributed by atoms with Gasteiger partial charge in [0.2, 0.25) is 5.91 Å². The van der Waals surface area contributed by atoms with Gasteiger partial charge in [0.25, 0.3) is 0 Å². The zero-order valence-corrected chi connectivity index (χ0v) is 17.5. The Kier molecular flexibility index (Phi) is 5.92. The highest BCUT2D eigenvalue weighted by atomic mass is 35.5. The van der Waals surface area contributed by atoms with Gasteiger partial charge in [0.1, 0.15) is 17.1 Å². The molecule has 1 N–H and O–H groups in total. The molecule has 27 heavy (non-hydrogen) atoms. The van der Waals surface area contributed by atoms with Crippen LogP contribution in [0.5, 0.6) is 11.5 Å². The summed E-state index contributed by atoms with van der Waals surface area (Å²) in [6, 6.07) is 13.2. The second-order valence-electron chi connectivity index (χ2n) is 7.24. The first-order valence-corrected chi connectivity index (χ1v) is 10.1. The lowest BCUT2D eigenvalue weighted by atomic mass is 9.89. The quantitative estimate of drug-likeness (QED) is 0.690. The van der Waals surface area contributed by atoms with Crippen LogP contribution in [0.2, 0.25) is 5.02 Å². The number of carbonyl (C=O) groups is 1. The number of hydrogen-bond acceptors (Lipinski definition) is 4. The van der Waals surface area contributed by atoms with Gasteiger partial charge >= 0.3 is 0 Å². The first-order valence-electron chi connectivity index (χ1n) is 8.87. The number of ether oxygens (including phenoxy) is 2. The van der Waals surface area contributed by atoms with Crippen molar-refractivity contribution < 1.29 is 14.3 Å². The molecule has 2 aromatic carbocycles. The van der Waals surface area contributed by atoms with Gasteiger partial charge in [-0.2, -0.15) is 0 Å². The third-order valence-electron chi connectivity index (χ3n) is 4.49. The predicted octanol–water partition coefficient (Wildman–Crippen LogP) is 5.25. The van der Waals surface area contributed by atoms with Crippen LogP contribution in [-0.2, 0) is 4.79 Å². The standard InChI is InChI=1S/C21H24ClNO3S/c1-13(27-16-8-5-14(22)6-9-16)20(24)23-18-12-21(2,3)26-19-11-15(25-4)7-10-17(18)19/h5-11,13,18H,12H2,1-4H3,(H,23,24)/t13-,18-/m1/s1. The molecule has 1 heterocycles. The van der Waals surface area contributed by atoms with E-state index >= 15 is 0 Å². The molecule has 0 unspecified atom stereocenters. The molecule has 0 spiro atoms. The van der Waals surface area contributed by atoms with Crippen LogP contribution < -0.4 is 14.8 Å². The molecule has 144 valence electrons. The summed E-state index contributed by atoms with van der Waals surface area (Å²) in [6.45, 7) is 5.97. The van der Waals surface area contributed by atoms with E-state index in [2.05, 4.69) is 5.32 Å². The van der Waals surface area contributed by atoms with Gasteiger partial charge in [-0.3, -0.25) is 4.79 Å². The van der Waals surface area contributed by atoms with E-state index in [1.54, 1.807) is 7.11 Å². The van der Waals surface area contributed by atoms with Crippen LogP contribution in [0.1, 0.15) is 38.8 Å². The number of methoxy groups -OCH3 is 1. The third-order valence-corrected chi connectivity index (χ3v) is 5.85.